The Morgan fingerprint density at radius 2 is 1.60 bits per heavy atom. The first kappa shape index (κ1) is 63.8. The van der Waals surface area contributed by atoms with E-state index in [1.54, 1.807) is 18.2 Å². The van der Waals surface area contributed by atoms with Gasteiger partial charge in [0.1, 0.15) is 49.0 Å². The number of amides is 1. The number of unbranched alkanes of at least 4 members (excludes halogenated alkanes) is 1. The van der Waals surface area contributed by atoms with Gasteiger partial charge >= 0.3 is 11.9 Å². The highest BCUT2D eigenvalue weighted by Crippen LogP contribution is 2.40. The molecule has 8 rings (SSSR count). The highest BCUT2D eigenvalue weighted by molar-refractivity contribution is 5.94. The number of aromatic nitrogens is 3. The number of hydrogen-bond acceptors (Lipinski definition) is 19. The van der Waals surface area contributed by atoms with E-state index in [0.717, 1.165) is 68.2 Å². The molecule has 23 nitrogen and oxygen atoms in total. The summed E-state index contributed by atoms with van der Waals surface area (Å²) < 4.78 is 52.6. The number of carbonyl (C=O) groups is 4. The molecule has 2 aliphatic heterocycles. The number of nitrogens with one attached hydrogen (secondary N) is 1. The highest BCUT2D eigenvalue weighted by atomic mass is 16.7. The third kappa shape index (κ3) is 17.5. The molecule has 4 heterocycles. The molecule has 0 spiro atoms. The van der Waals surface area contributed by atoms with Crippen LogP contribution in [0.15, 0.2) is 73.3 Å². The summed E-state index contributed by atoms with van der Waals surface area (Å²) in [4.78, 5) is 58.1. The molecule has 15 atom stereocenters. The number of esters is 1. The second kappa shape index (κ2) is 31.2. The molecule has 0 radical (unpaired) electrons. The van der Waals surface area contributed by atoms with Gasteiger partial charge < -0.3 is 88.7 Å². The van der Waals surface area contributed by atoms with E-state index in [1.807, 2.05) is 49.9 Å². The number of aryl methyl sites for hydroxylation is 3. The van der Waals surface area contributed by atoms with Crippen LogP contribution in [-0.2, 0) is 71.8 Å². The van der Waals surface area contributed by atoms with Gasteiger partial charge in [0.2, 0.25) is 5.91 Å². The Balaban J connectivity index is 0.899. The van der Waals surface area contributed by atoms with Crippen LogP contribution in [0.25, 0.3) is 10.9 Å². The molecule has 6 unspecified atom stereocenters. The predicted octanol–water partition coefficient (Wildman–Crippen LogP) is 3.90. The average Bonchev–Trinajstić information content (AvgIpc) is 4.18. The Morgan fingerprint density at radius 3 is 2.36 bits per heavy atom. The lowest BCUT2D eigenvalue weighted by Crippen LogP contribution is -2.64. The number of anilines is 1. The molecule has 2 saturated carbocycles. The Kier molecular flexibility index (Phi) is 24.0. The number of nitrogens with zero attached hydrogens (tertiary/aromatic N) is 3. The van der Waals surface area contributed by atoms with E-state index in [2.05, 4.69) is 19.4 Å². The molecule has 1 amide bonds. The van der Waals surface area contributed by atoms with Gasteiger partial charge in [-0.25, -0.2) is 14.6 Å². The zero-order valence-corrected chi connectivity index (χ0v) is 47.5. The van der Waals surface area contributed by atoms with Crippen LogP contribution in [0.2, 0.25) is 0 Å². The van der Waals surface area contributed by atoms with Crippen molar-refractivity contribution in [2.75, 3.05) is 44.9 Å². The summed E-state index contributed by atoms with van der Waals surface area (Å²) in [5.41, 5.74) is 8.17. The summed E-state index contributed by atoms with van der Waals surface area (Å²) in [6.07, 6.45) is -4.64. The maximum Gasteiger partial charge on any atom is 0.338 e. The smallest absolute Gasteiger partial charge is 0.338 e. The van der Waals surface area contributed by atoms with Crippen LogP contribution in [0, 0.1) is 17.8 Å². The topological polar surface area (TPSA) is 324 Å². The van der Waals surface area contributed by atoms with Crippen molar-refractivity contribution in [3.63, 3.8) is 0 Å². The molecule has 4 aromatic rings. The first-order valence-electron chi connectivity index (χ1n) is 29.5. The van der Waals surface area contributed by atoms with Gasteiger partial charge in [0.25, 0.3) is 0 Å². The number of aliphatic hydroxyl groups is 5. The third-order valence-electron chi connectivity index (χ3n) is 16.4. The van der Waals surface area contributed by atoms with Crippen LogP contribution in [0.5, 0.6) is 0 Å². The van der Waals surface area contributed by atoms with E-state index in [-0.39, 0.29) is 49.0 Å². The predicted molar refractivity (Wildman–Crippen MR) is 300 cm³/mol. The number of carboxylic acid groups (broad SMARTS) is 1. The molecular formula is C60H85N5O18. The number of carboxylic acids is 1. The zero-order chi connectivity index (χ0) is 59.0. The fourth-order valence-electron chi connectivity index (χ4n) is 11.9. The first-order chi connectivity index (χ1) is 40.1. The summed E-state index contributed by atoms with van der Waals surface area (Å²) in [6.45, 7) is 5.57. The van der Waals surface area contributed by atoms with Crippen LogP contribution in [0.1, 0.15) is 107 Å². The van der Waals surface area contributed by atoms with Gasteiger partial charge in [0.15, 0.2) is 24.8 Å². The number of Topliss-reactive ketones (excluding diaryl/α,β-unsaturated/α-hetero) is 1. The molecule has 4 aliphatic rings. The van der Waals surface area contributed by atoms with Crippen molar-refractivity contribution in [3.8, 4) is 0 Å². The number of ether oxygens (including phenoxy) is 8. The molecule has 0 bridgehead atoms. The normalized spacial score (nSPS) is 29.1. The van der Waals surface area contributed by atoms with E-state index in [4.69, 9.17) is 43.6 Å². The highest BCUT2D eigenvalue weighted by Gasteiger charge is 2.54. The first-order valence-corrected chi connectivity index (χ1v) is 29.5. The van der Waals surface area contributed by atoms with Gasteiger partial charge in [-0.2, -0.15) is 0 Å². The van der Waals surface area contributed by atoms with Gasteiger partial charge in [-0.05, 0) is 100 Å². The third-order valence-corrected chi connectivity index (χ3v) is 16.4. The second-order valence-corrected chi connectivity index (χ2v) is 22.6. The quantitative estimate of drug-likeness (QED) is 0.0271. The van der Waals surface area contributed by atoms with Crippen LogP contribution >= 0.6 is 0 Å². The second-order valence-electron chi connectivity index (χ2n) is 22.6. The maximum atomic E-state index is 14.3. The van der Waals surface area contributed by atoms with Crippen molar-refractivity contribution in [2.24, 2.45) is 23.5 Å². The summed E-state index contributed by atoms with van der Waals surface area (Å²) in [6, 6.07) is 15.8. The summed E-state index contributed by atoms with van der Waals surface area (Å²) in [7, 11) is 0. The lowest BCUT2D eigenvalue weighted by Gasteiger charge is -2.48. The number of imidazole rings is 1. The number of benzene rings is 2. The van der Waals surface area contributed by atoms with Crippen molar-refractivity contribution < 1.29 is 87.7 Å². The van der Waals surface area contributed by atoms with Crippen molar-refractivity contribution in [2.45, 2.75) is 190 Å². The lowest BCUT2D eigenvalue weighted by molar-refractivity contribution is -0.349. The van der Waals surface area contributed by atoms with Gasteiger partial charge in [-0.1, -0.05) is 57.2 Å². The fourth-order valence-corrected chi connectivity index (χ4v) is 11.9. The van der Waals surface area contributed by atoms with E-state index in [0.29, 0.717) is 57.7 Å². The number of nitrogens with two attached hydrogens (primary N) is 1. The SMILES string of the molecule is CC1O[C@@H](O[C@@H]2C(C)CC(C(=O)CCCCc3cn(CCCn4ccc5cc(NC(=O)COCCOCCN)ccc54)cn3)C[C@H]2O[C@@H]2O[C@@H](CO)[C@H](O)C(O[C@@H](CC3CCCCC3)C(=O)O)C2OC(=O)c2ccccc2)C(O)[C@@H](O)[C@@H]1O. The van der Waals surface area contributed by atoms with Gasteiger partial charge in [-0.15, -0.1) is 0 Å². The number of ketones is 1. The molecule has 83 heavy (non-hydrogen) atoms. The Bertz CT molecular complexity index is 2670. The van der Waals surface area contributed by atoms with Crippen LogP contribution in [-0.4, -0.2) is 188 Å². The van der Waals surface area contributed by atoms with E-state index >= 15 is 0 Å². The minimum atomic E-state index is -1.69. The number of rotatable bonds is 30. The number of aliphatic carboxylic acids is 1. The van der Waals surface area contributed by atoms with Crippen molar-refractivity contribution in [3.05, 3.63) is 84.6 Å². The number of hydrogen-bond donors (Lipinski definition) is 8. The van der Waals surface area contributed by atoms with Gasteiger partial charge in [0, 0.05) is 61.0 Å². The summed E-state index contributed by atoms with van der Waals surface area (Å²) in [5.74, 6) is -3.43. The molecule has 9 N–H and O–H groups in total. The molecule has 2 aliphatic carbocycles. The molecule has 2 saturated heterocycles. The van der Waals surface area contributed by atoms with Gasteiger partial charge in [-0.3, -0.25) is 9.59 Å². The Morgan fingerprint density at radius 1 is 0.819 bits per heavy atom. The molecule has 458 valence electrons. The number of carbonyl (C=O) groups excluding carboxylic acids is 3. The number of fused-ring (bicyclic) bond motifs is 1. The molecule has 23 heteroatoms. The minimum Gasteiger partial charge on any atom is -0.479 e. The monoisotopic (exact) mass is 1160 g/mol. The van der Waals surface area contributed by atoms with E-state index in [9.17, 15) is 49.8 Å². The lowest BCUT2D eigenvalue weighted by atomic mass is 9.75. The van der Waals surface area contributed by atoms with Gasteiger partial charge in [0.05, 0.1) is 62.3 Å². The van der Waals surface area contributed by atoms with Crippen LogP contribution in [0.3, 0.4) is 0 Å². The summed E-state index contributed by atoms with van der Waals surface area (Å²) >= 11 is 0. The maximum absolute atomic E-state index is 14.3. The molecule has 2 aromatic carbocycles. The standard InChI is InChI=1S/C60H85N5O18/c1-36-28-41(45(67)17-10-9-16-43-32-64(35-62-43)22-11-23-65-24-20-40-30-42(18-19-44(40)65)63-49(68)34-77-27-26-76-25-21-61)31-46(54(36)83-59-53(72)52(71)50(69)37(2)78-59)80-60-56(82-58(75)39-14-7-4-8-15-39)55(51(70)48(33-66)81-60)79-47(57(73)74)29-38-12-5-3-6-13-38/h4,7-8,14-15,18-20,24,30,32,35-38,41,46-48,50-56,59-60,66,69-72H,3,5-6,9-13,16-17,21-23,25-29,31,33-34,61H2,1-2H3,(H,63,68)(H,73,74)/t36?,37?,41?,46-,47+,48+,50-,51+,52+,53?,54-,55?,56?,59+,60-/m1/s1. The minimum absolute atomic E-state index is 0.0339. The van der Waals surface area contributed by atoms with E-state index in [1.165, 1.54) is 19.1 Å². The number of aliphatic hydroxyl groups excluding tert-OH is 5. The average molecular weight is 1160 g/mol. The van der Waals surface area contributed by atoms with Crippen LogP contribution < -0.4 is 11.1 Å². The largest absolute Gasteiger partial charge is 0.479 e. The Hall–Kier alpha value is -5.25. The molecular weight excluding hydrogens is 1080 g/mol. The van der Waals surface area contributed by atoms with Crippen molar-refractivity contribution in [1.82, 2.24) is 14.1 Å². The fraction of sp³-hybridized carbons (Fsp3) is 0.650. The van der Waals surface area contributed by atoms with Crippen molar-refractivity contribution >= 4 is 40.2 Å². The van der Waals surface area contributed by atoms with E-state index < -0.39 is 110 Å². The molecule has 4 fully saturated rings. The van der Waals surface area contributed by atoms with Crippen LogP contribution in [0.4, 0.5) is 5.69 Å². The zero-order valence-electron chi connectivity index (χ0n) is 47.5. The summed E-state index contributed by atoms with van der Waals surface area (Å²) in [5, 5.41) is 69.1. The molecule has 2 aromatic heterocycles. The van der Waals surface area contributed by atoms with Crippen molar-refractivity contribution in [1.29, 1.82) is 0 Å². The Labute approximate surface area is 483 Å².